The summed E-state index contributed by atoms with van der Waals surface area (Å²) in [5.74, 6) is 1.03. The Balaban J connectivity index is 1.66. The zero-order valence-corrected chi connectivity index (χ0v) is 13.8. The Bertz CT molecular complexity index is 879. The Morgan fingerprint density at radius 3 is 2.64 bits per heavy atom. The summed E-state index contributed by atoms with van der Waals surface area (Å²) in [6.07, 6.45) is 1.42. The van der Waals surface area contributed by atoms with E-state index in [4.69, 9.17) is 10.5 Å². The Kier molecular flexibility index (Phi) is 4.89. The van der Waals surface area contributed by atoms with E-state index in [1.54, 1.807) is 25.3 Å². The number of nitrogens with two attached hydrogens (primary N) is 1. The van der Waals surface area contributed by atoms with Gasteiger partial charge >= 0.3 is 0 Å². The van der Waals surface area contributed by atoms with Crippen molar-refractivity contribution < 1.29 is 9.53 Å². The SMILES string of the molecule is COc1cccc(CNC(=O)c2ccc(-c3cc(N)ncn3)cc2)c1. The number of carbonyl (C=O) groups is 1. The average Bonchev–Trinajstić information content (AvgIpc) is 2.66. The van der Waals surface area contributed by atoms with Crippen molar-refractivity contribution in [2.45, 2.75) is 6.54 Å². The fourth-order valence-electron chi connectivity index (χ4n) is 2.39. The van der Waals surface area contributed by atoms with Gasteiger partial charge in [0.1, 0.15) is 17.9 Å². The molecule has 0 bridgehead atoms. The second kappa shape index (κ2) is 7.44. The van der Waals surface area contributed by atoms with Crippen LogP contribution in [-0.4, -0.2) is 23.0 Å². The Morgan fingerprint density at radius 1 is 1.12 bits per heavy atom. The third kappa shape index (κ3) is 4.11. The van der Waals surface area contributed by atoms with Crippen LogP contribution in [0.5, 0.6) is 5.75 Å². The van der Waals surface area contributed by atoms with E-state index >= 15 is 0 Å². The molecule has 1 aromatic heterocycles. The molecular weight excluding hydrogens is 316 g/mol. The molecule has 25 heavy (non-hydrogen) atoms. The molecule has 0 saturated carbocycles. The van der Waals surface area contributed by atoms with Gasteiger partial charge < -0.3 is 15.8 Å². The molecule has 0 spiro atoms. The van der Waals surface area contributed by atoms with Gasteiger partial charge in [-0.15, -0.1) is 0 Å². The molecule has 126 valence electrons. The fourth-order valence-corrected chi connectivity index (χ4v) is 2.39. The number of nitrogens with zero attached hydrogens (tertiary/aromatic N) is 2. The van der Waals surface area contributed by atoms with Crippen molar-refractivity contribution in [3.8, 4) is 17.0 Å². The number of hydrogen-bond donors (Lipinski definition) is 2. The van der Waals surface area contributed by atoms with Crippen LogP contribution >= 0.6 is 0 Å². The van der Waals surface area contributed by atoms with Gasteiger partial charge in [0.15, 0.2) is 0 Å². The van der Waals surface area contributed by atoms with Crippen molar-refractivity contribution >= 4 is 11.7 Å². The third-order valence-electron chi connectivity index (χ3n) is 3.72. The second-order valence-electron chi connectivity index (χ2n) is 5.44. The van der Waals surface area contributed by atoms with Gasteiger partial charge in [-0.25, -0.2) is 9.97 Å². The minimum absolute atomic E-state index is 0.142. The number of carbonyl (C=O) groups excluding carboxylic acids is 1. The summed E-state index contributed by atoms with van der Waals surface area (Å²) in [5.41, 5.74) is 8.81. The number of rotatable bonds is 5. The first-order chi connectivity index (χ1) is 12.2. The molecule has 2 aromatic carbocycles. The van der Waals surface area contributed by atoms with Gasteiger partial charge in [-0.05, 0) is 29.8 Å². The number of amides is 1. The summed E-state index contributed by atoms with van der Waals surface area (Å²) < 4.78 is 5.18. The van der Waals surface area contributed by atoms with Crippen molar-refractivity contribution in [1.29, 1.82) is 0 Å². The first kappa shape index (κ1) is 16.4. The molecule has 3 N–H and O–H groups in total. The lowest BCUT2D eigenvalue weighted by molar-refractivity contribution is 0.0951. The largest absolute Gasteiger partial charge is 0.497 e. The van der Waals surface area contributed by atoms with Crippen LogP contribution in [0, 0.1) is 0 Å². The Hall–Kier alpha value is -3.41. The van der Waals surface area contributed by atoms with Gasteiger partial charge in [-0.2, -0.15) is 0 Å². The molecule has 3 rings (SSSR count). The van der Waals surface area contributed by atoms with Crippen LogP contribution in [0.25, 0.3) is 11.3 Å². The van der Waals surface area contributed by atoms with Crippen LogP contribution in [0.1, 0.15) is 15.9 Å². The number of benzene rings is 2. The van der Waals surface area contributed by atoms with Crippen LogP contribution < -0.4 is 15.8 Å². The molecule has 0 radical (unpaired) electrons. The topological polar surface area (TPSA) is 90.1 Å². The molecule has 0 aliphatic heterocycles. The zero-order valence-electron chi connectivity index (χ0n) is 13.8. The highest BCUT2D eigenvalue weighted by molar-refractivity contribution is 5.94. The van der Waals surface area contributed by atoms with Crippen LogP contribution in [0.3, 0.4) is 0 Å². The van der Waals surface area contributed by atoms with E-state index in [1.807, 2.05) is 36.4 Å². The van der Waals surface area contributed by atoms with E-state index in [2.05, 4.69) is 15.3 Å². The van der Waals surface area contributed by atoms with Gasteiger partial charge in [0.2, 0.25) is 0 Å². The lowest BCUT2D eigenvalue weighted by Crippen LogP contribution is -2.22. The molecule has 6 heteroatoms. The predicted octanol–water partition coefficient (Wildman–Crippen LogP) is 2.66. The van der Waals surface area contributed by atoms with E-state index in [1.165, 1.54) is 6.33 Å². The standard InChI is InChI=1S/C19H18N4O2/c1-25-16-4-2-3-13(9-16)11-21-19(24)15-7-5-14(6-8-15)17-10-18(20)23-12-22-17/h2-10,12H,11H2,1H3,(H,21,24)(H2,20,22,23). The van der Waals surface area contributed by atoms with Crippen molar-refractivity contribution in [3.63, 3.8) is 0 Å². The van der Waals surface area contributed by atoms with Gasteiger partial charge in [0.25, 0.3) is 5.91 Å². The van der Waals surface area contributed by atoms with Crippen molar-refractivity contribution in [2.75, 3.05) is 12.8 Å². The molecule has 1 heterocycles. The number of ether oxygens (including phenoxy) is 1. The summed E-state index contributed by atoms with van der Waals surface area (Å²) in [6.45, 7) is 0.431. The average molecular weight is 334 g/mol. The quantitative estimate of drug-likeness (QED) is 0.748. The lowest BCUT2D eigenvalue weighted by atomic mass is 10.1. The minimum atomic E-state index is -0.142. The van der Waals surface area contributed by atoms with E-state index in [0.29, 0.717) is 17.9 Å². The summed E-state index contributed by atoms with van der Waals surface area (Å²) >= 11 is 0. The molecule has 0 aliphatic rings. The molecule has 1 amide bonds. The molecule has 0 saturated heterocycles. The fraction of sp³-hybridized carbons (Fsp3) is 0.105. The van der Waals surface area contributed by atoms with Crippen LogP contribution in [0.15, 0.2) is 60.9 Å². The molecule has 3 aromatic rings. The number of nitrogen functional groups attached to an aromatic ring is 1. The van der Waals surface area contributed by atoms with Gasteiger partial charge in [-0.1, -0.05) is 24.3 Å². The summed E-state index contributed by atoms with van der Waals surface area (Å²) in [4.78, 5) is 20.3. The third-order valence-corrected chi connectivity index (χ3v) is 3.72. The zero-order chi connectivity index (χ0) is 17.6. The van der Waals surface area contributed by atoms with Crippen LogP contribution in [0.2, 0.25) is 0 Å². The van der Waals surface area contributed by atoms with Crippen molar-refractivity contribution in [2.24, 2.45) is 0 Å². The molecule has 0 aliphatic carbocycles. The van der Waals surface area contributed by atoms with E-state index < -0.39 is 0 Å². The molecule has 6 nitrogen and oxygen atoms in total. The van der Waals surface area contributed by atoms with Crippen LogP contribution in [-0.2, 0) is 6.54 Å². The summed E-state index contributed by atoms with van der Waals surface area (Å²) in [5, 5.41) is 2.89. The van der Waals surface area contributed by atoms with Gasteiger partial charge in [0.05, 0.1) is 12.8 Å². The smallest absolute Gasteiger partial charge is 0.251 e. The van der Waals surface area contributed by atoms with Gasteiger partial charge in [-0.3, -0.25) is 4.79 Å². The molecule has 0 unspecified atom stereocenters. The number of aromatic nitrogens is 2. The number of nitrogens with one attached hydrogen (secondary N) is 1. The molecule has 0 atom stereocenters. The number of hydrogen-bond acceptors (Lipinski definition) is 5. The molecular formula is C19H18N4O2. The van der Waals surface area contributed by atoms with Crippen LogP contribution in [0.4, 0.5) is 5.82 Å². The second-order valence-corrected chi connectivity index (χ2v) is 5.44. The first-order valence-electron chi connectivity index (χ1n) is 7.75. The van der Waals surface area contributed by atoms with E-state index in [-0.39, 0.29) is 5.91 Å². The lowest BCUT2D eigenvalue weighted by Gasteiger charge is -2.08. The molecule has 0 fully saturated rings. The highest BCUT2D eigenvalue weighted by atomic mass is 16.5. The van der Waals surface area contributed by atoms with E-state index in [0.717, 1.165) is 22.6 Å². The maximum absolute atomic E-state index is 12.3. The Labute approximate surface area is 145 Å². The highest BCUT2D eigenvalue weighted by Gasteiger charge is 2.07. The number of anilines is 1. The summed E-state index contributed by atoms with van der Waals surface area (Å²) in [7, 11) is 1.62. The monoisotopic (exact) mass is 334 g/mol. The normalized spacial score (nSPS) is 10.3. The van der Waals surface area contributed by atoms with Crippen molar-refractivity contribution in [3.05, 3.63) is 72.1 Å². The maximum Gasteiger partial charge on any atom is 0.251 e. The Morgan fingerprint density at radius 2 is 1.92 bits per heavy atom. The van der Waals surface area contributed by atoms with Gasteiger partial charge in [0, 0.05) is 23.7 Å². The van der Waals surface area contributed by atoms with E-state index in [9.17, 15) is 4.79 Å². The number of methoxy groups -OCH3 is 1. The minimum Gasteiger partial charge on any atom is -0.497 e. The first-order valence-corrected chi connectivity index (χ1v) is 7.75. The predicted molar refractivity (Wildman–Crippen MR) is 96.0 cm³/mol. The highest BCUT2D eigenvalue weighted by Crippen LogP contribution is 2.18. The summed E-state index contributed by atoms with van der Waals surface area (Å²) in [6, 6.07) is 16.5. The maximum atomic E-state index is 12.3. The van der Waals surface area contributed by atoms with Crippen molar-refractivity contribution in [1.82, 2.24) is 15.3 Å².